The highest BCUT2D eigenvalue weighted by Crippen LogP contribution is 2.37. The van der Waals surface area contributed by atoms with Gasteiger partial charge in [-0.05, 0) is 12.5 Å². The van der Waals surface area contributed by atoms with Gasteiger partial charge < -0.3 is 4.74 Å². The summed E-state index contributed by atoms with van der Waals surface area (Å²) < 4.78 is 7.42. The third kappa shape index (κ3) is 3.64. The average molecular weight is 460 g/mol. The number of pyridine rings is 1. The number of hydrogen-bond donors (Lipinski definition) is 0. The van der Waals surface area contributed by atoms with Crippen LogP contribution < -0.4 is 11.2 Å². The van der Waals surface area contributed by atoms with E-state index in [0.717, 1.165) is 4.57 Å². The van der Waals surface area contributed by atoms with Crippen molar-refractivity contribution in [1.29, 1.82) is 0 Å². The summed E-state index contributed by atoms with van der Waals surface area (Å²) in [5, 5.41) is 11.4. The number of aromatic nitrogens is 3. The van der Waals surface area contributed by atoms with E-state index in [1.54, 1.807) is 43.3 Å². The van der Waals surface area contributed by atoms with E-state index in [9.17, 15) is 24.5 Å². The molecule has 0 radical (unpaired) electrons. The number of carbonyl (C=O) groups is 1. The van der Waals surface area contributed by atoms with Gasteiger partial charge in [-0.1, -0.05) is 42.5 Å². The molecule has 0 aliphatic heterocycles. The Morgan fingerprint density at radius 1 is 1.03 bits per heavy atom. The molecule has 172 valence electrons. The maximum atomic E-state index is 13.3. The van der Waals surface area contributed by atoms with Gasteiger partial charge in [0, 0.05) is 37.4 Å². The van der Waals surface area contributed by atoms with Gasteiger partial charge in [0.05, 0.1) is 28.2 Å². The molecule has 4 rings (SSSR count). The van der Waals surface area contributed by atoms with Gasteiger partial charge in [0.25, 0.3) is 11.2 Å². The van der Waals surface area contributed by atoms with Crippen LogP contribution in [0.25, 0.3) is 33.4 Å². The van der Waals surface area contributed by atoms with Crippen LogP contribution in [0.3, 0.4) is 0 Å². The summed E-state index contributed by atoms with van der Waals surface area (Å²) in [4.78, 5) is 54.7. The molecule has 0 aliphatic carbocycles. The maximum absolute atomic E-state index is 13.3. The van der Waals surface area contributed by atoms with Crippen molar-refractivity contribution < 1.29 is 14.5 Å². The zero-order valence-corrected chi connectivity index (χ0v) is 18.6. The predicted molar refractivity (Wildman–Crippen MR) is 126 cm³/mol. The van der Waals surface area contributed by atoms with Gasteiger partial charge in [-0.2, -0.15) is 0 Å². The zero-order valence-electron chi connectivity index (χ0n) is 18.6. The monoisotopic (exact) mass is 460 g/mol. The minimum Gasteiger partial charge on any atom is -0.462 e. The Labute approximate surface area is 192 Å². The molecule has 0 N–H and O–H groups in total. The second kappa shape index (κ2) is 8.74. The molecule has 2 aromatic heterocycles. The van der Waals surface area contributed by atoms with Crippen LogP contribution in [0.4, 0.5) is 5.69 Å². The number of aryl methyl sites for hydroxylation is 1. The molecule has 34 heavy (non-hydrogen) atoms. The number of nitro groups is 1. The van der Waals surface area contributed by atoms with Gasteiger partial charge in [-0.25, -0.2) is 14.6 Å². The average Bonchev–Trinajstić information content (AvgIpc) is 2.85. The number of nitro benzene ring substituents is 1. The van der Waals surface area contributed by atoms with Crippen LogP contribution in [-0.4, -0.2) is 31.6 Å². The lowest BCUT2D eigenvalue weighted by molar-refractivity contribution is -0.384. The standard InChI is InChI=1S/C24H20N4O6/c1-4-34-23(30)18-17(15-11-8-12-16(13-15)28(32)33)19-21(26(2)24(31)27(3)22(19)29)25-20(18)14-9-6-5-7-10-14/h5-13H,4H2,1-3H3. The smallest absolute Gasteiger partial charge is 0.341 e. The Morgan fingerprint density at radius 2 is 1.71 bits per heavy atom. The number of rotatable bonds is 5. The number of esters is 1. The summed E-state index contributed by atoms with van der Waals surface area (Å²) in [7, 11) is 2.78. The van der Waals surface area contributed by atoms with Gasteiger partial charge in [0.1, 0.15) is 0 Å². The summed E-state index contributed by atoms with van der Waals surface area (Å²) >= 11 is 0. The molecule has 0 aliphatic rings. The van der Waals surface area contributed by atoms with E-state index >= 15 is 0 Å². The molecule has 0 amide bonds. The highest BCUT2D eigenvalue weighted by molar-refractivity contribution is 6.10. The highest BCUT2D eigenvalue weighted by atomic mass is 16.6. The molecule has 10 nitrogen and oxygen atoms in total. The second-order valence-electron chi connectivity index (χ2n) is 7.51. The van der Waals surface area contributed by atoms with E-state index in [4.69, 9.17) is 4.74 Å². The van der Waals surface area contributed by atoms with E-state index in [1.165, 1.54) is 36.9 Å². The lowest BCUT2D eigenvalue weighted by Crippen LogP contribution is -2.38. The van der Waals surface area contributed by atoms with Crippen LogP contribution in [0.2, 0.25) is 0 Å². The van der Waals surface area contributed by atoms with Crippen molar-refractivity contribution in [3.05, 3.63) is 91.1 Å². The number of nitrogens with zero attached hydrogens (tertiary/aromatic N) is 4. The van der Waals surface area contributed by atoms with Crippen LogP contribution in [0.15, 0.2) is 64.2 Å². The Bertz CT molecular complexity index is 1570. The van der Waals surface area contributed by atoms with Crippen molar-refractivity contribution >= 4 is 22.7 Å². The van der Waals surface area contributed by atoms with Crippen molar-refractivity contribution in [1.82, 2.24) is 14.1 Å². The normalized spacial score (nSPS) is 10.9. The minimum atomic E-state index is -0.742. The van der Waals surface area contributed by atoms with Gasteiger partial charge in [-0.3, -0.25) is 24.0 Å². The third-order valence-electron chi connectivity index (χ3n) is 5.46. The molecule has 0 bridgehead atoms. The fourth-order valence-corrected chi connectivity index (χ4v) is 3.86. The molecule has 0 atom stereocenters. The Kier molecular flexibility index (Phi) is 5.80. The second-order valence-corrected chi connectivity index (χ2v) is 7.51. The van der Waals surface area contributed by atoms with Gasteiger partial charge in [-0.15, -0.1) is 0 Å². The molecular weight excluding hydrogens is 440 g/mol. The topological polar surface area (TPSA) is 126 Å². The quantitative estimate of drug-likeness (QED) is 0.254. The Morgan fingerprint density at radius 3 is 2.35 bits per heavy atom. The number of non-ortho nitro benzene ring substituents is 1. The number of hydrogen-bond acceptors (Lipinski definition) is 7. The van der Waals surface area contributed by atoms with Gasteiger partial charge in [0.2, 0.25) is 0 Å². The highest BCUT2D eigenvalue weighted by Gasteiger charge is 2.28. The molecular formula is C24H20N4O6. The molecule has 0 saturated carbocycles. The lowest BCUT2D eigenvalue weighted by atomic mass is 9.93. The van der Waals surface area contributed by atoms with Crippen LogP contribution in [0.1, 0.15) is 17.3 Å². The molecule has 0 unspecified atom stereocenters. The van der Waals surface area contributed by atoms with E-state index in [-0.39, 0.29) is 45.7 Å². The van der Waals surface area contributed by atoms with Gasteiger partial charge >= 0.3 is 11.7 Å². The Hall–Kier alpha value is -4.60. The molecule has 2 heterocycles. The molecule has 4 aromatic rings. The van der Waals surface area contributed by atoms with Crippen molar-refractivity contribution in [2.45, 2.75) is 6.92 Å². The van der Waals surface area contributed by atoms with Crippen molar-refractivity contribution in [2.75, 3.05) is 6.61 Å². The first kappa shape index (κ1) is 22.6. The third-order valence-corrected chi connectivity index (χ3v) is 5.46. The largest absolute Gasteiger partial charge is 0.462 e. The first-order valence-electron chi connectivity index (χ1n) is 10.4. The fourth-order valence-electron chi connectivity index (χ4n) is 3.86. The van der Waals surface area contributed by atoms with Crippen molar-refractivity contribution in [3.63, 3.8) is 0 Å². The van der Waals surface area contributed by atoms with Crippen molar-refractivity contribution in [2.24, 2.45) is 14.1 Å². The summed E-state index contributed by atoms with van der Waals surface area (Å²) in [5.41, 5.74) is -0.378. The van der Waals surface area contributed by atoms with E-state index in [0.29, 0.717) is 5.56 Å². The maximum Gasteiger partial charge on any atom is 0.341 e. The summed E-state index contributed by atoms with van der Waals surface area (Å²) in [6, 6.07) is 14.4. The summed E-state index contributed by atoms with van der Waals surface area (Å²) in [6.07, 6.45) is 0. The SMILES string of the molecule is CCOC(=O)c1c(-c2ccccc2)nc2c(c1-c1cccc([N+](=O)[O-])c1)c(=O)n(C)c(=O)n2C. The Balaban J connectivity index is 2.31. The molecule has 2 aromatic carbocycles. The van der Waals surface area contributed by atoms with E-state index < -0.39 is 22.1 Å². The fraction of sp³-hybridized carbons (Fsp3) is 0.167. The van der Waals surface area contributed by atoms with Crippen LogP contribution in [0, 0.1) is 10.1 Å². The minimum absolute atomic E-state index is 0.0169. The first-order valence-corrected chi connectivity index (χ1v) is 10.4. The van der Waals surface area contributed by atoms with Crippen LogP contribution in [-0.2, 0) is 18.8 Å². The number of benzene rings is 2. The first-order chi connectivity index (χ1) is 16.3. The molecule has 0 spiro atoms. The van der Waals surface area contributed by atoms with E-state index in [1.807, 2.05) is 0 Å². The molecule has 0 fully saturated rings. The number of ether oxygens (including phenoxy) is 1. The molecule has 10 heteroatoms. The predicted octanol–water partition coefficient (Wildman–Crippen LogP) is 3.05. The summed E-state index contributed by atoms with van der Waals surface area (Å²) in [6.45, 7) is 1.70. The van der Waals surface area contributed by atoms with Crippen LogP contribution in [0.5, 0.6) is 0 Å². The lowest BCUT2D eigenvalue weighted by Gasteiger charge is -2.18. The van der Waals surface area contributed by atoms with Crippen molar-refractivity contribution in [3.8, 4) is 22.4 Å². The number of fused-ring (bicyclic) bond motifs is 1. The number of carbonyl (C=O) groups excluding carboxylic acids is 1. The van der Waals surface area contributed by atoms with Gasteiger partial charge in [0.15, 0.2) is 5.65 Å². The molecule has 0 saturated heterocycles. The summed E-state index contributed by atoms with van der Waals surface area (Å²) in [5.74, 6) is -0.742. The van der Waals surface area contributed by atoms with Crippen LogP contribution >= 0.6 is 0 Å². The van der Waals surface area contributed by atoms with E-state index in [2.05, 4.69) is 4.98 Å². The zero-order chi connectivity index (χ0) is 24.6.